The minimum atomic E-state index is 0. The van der Waals surface area contributed by atoms with Crippen LogP contribution in [0.2, 0.25) is 0 Å². The Labute approximate surface area is 237 Å². The van der Waals surface area contributed by atoms with E-state index in [1.807, 2.05) is 0 Å². The number of hydrogen-bond acceptors (Lipinski definition) is 2. The molecule has 2 aliphatic rings. The lowest BCUT2D eigenvalue weighted by Gasteiger charge is -2.43. The summed E-state index contributed by atoms with van der Waals surface area (Å²) in [4.78, 5) is 5.12. The molecule has 3 heteroatoms. The van der Waals surface area contributed by atoms with E-state index in [4.69, 9.17) is 0 Å². The van der Waals surface area contributed by atoms with Crippen molar-refractivity contribution in [2.24, 2.45) is 5.92 Å². The van der Waals surface area contributed by atoms with E-state index in [2.05, 4.69) is 161 Å². The summed E-state index contributed by atoms with van der Waals surface area (Å²) in [6, 6.07) is 44.1. The molecule has 2 nitrogen and oxygen atoms in total. The highest BCUT2D eigenvalue weighted by Gasteiger charge is 2.32. The summed E-state index contributed by atoms with van der Waals surface area (Å²) < 4.78 is 0.803. The van der Waals surface area contributed by atoms with Gasteiger partial charge >= 0.3 is 0 Å². The molecule has 2 fully saturated rings. The molecule has 2 heterocycles. The molecule has 192 valence electrons. The molecule has 37 heavy (non-hydrogen) atoms. The molecule has 0 atom stereocenters. The van der Waals surface area contributed by atoms with E-state index >= 15 is 0 Å². The molecular weight excluding hydrogens is 563 g/mol. The van der Waals surface area contributed by atoms with Gasteiger partial charge in [-0.05, 0) is 28.2 Å². The van der Waals surface area contributed by atoms with Crippen molar-refractivity contribution in [2.75, 3.05) is 26.2 Å². The van der Waals surface area contributed by atoms with E-state index in [9.17, 15) is 0 Å². The summed E-state index contributed by atoms with van der Waals surface area (Å²) >= 11 is 2.54. The Kier molecular flexibility index (Phi) is 9.95. The zero-order chi connectivity index (χ0) is 24.7. The van der Waals surface area contributed by atoms with Crippen LogP contribution in [0.5, 0.6) is 0 Å². The highest BCUT2D eigenvalue weighted by molar-refractivity contribution is 14.1. The van der Waals surface area contributed by atoms with Gasteiger partial charge in [-0.2, -0.15) is 0 Å². The normalized spacial score (nSPS) is 16.3. The fraction of sp³-hybridized carbons (Fsp3) is 0.294. The summed E-state index contributed by atoms with van der Waals surface area (Å²) in [5.74, 6) is 0.833. The zero-order valence-corrected chi connectivity index (χ0v) is 23.1. The van der Waals surface area contributed by atoms with Gasteiger partial charge in [0.1, 0.15) is 0 Å². The third-order valence-corrected chi connectivity index (χ3v) is 7.94. The average Bonchev–Trinajstić information content (AvgIpc) is 2.90. The molecule has 0 unspecified atom stereocenters. The maximum Gasteiger partial charge on any atom is 0.0602 e. The fourth-order valence-electron chi connectivity index (χ4n) is 5.39. The lowest BCUT2D eigenvalue weighted by molar-refractivity contribution is 0.0796. The van der Waals surface area contributed by atoms with Crippen molar-refractivity contribution < 1.29 is 0 Å². The first-order valence-corrected chi connectivity index (χ1v) is 14.3. The Morgan fingerprint density at radius 2 is 0.784 bits per heavy atom. The Balaban J connectivity index is 0.000000168. The third-order valence-electron chi connectivity index (χ3n) is 7.15. The van der Waals surface area contributed by atoms with Crippen LogP contribution in [0.1, 0.15) is 48.7 Å². The van der Waals surface area contributed by atoms with Crippen molar-refractivity contribution in [3.05, 3.63) is 144 Å². The van der Waals surface area contributed by atoms with Crippen LogP contribution in [0.25, 0.3) is 0 Å². The molecule has 2 aliphatic heterocycles. The first kappa shape index (κ1) is 27.6. The molecule has 0 aromatic heterocycles. The van der Waals surface area contributed by atoms with E-state index < -0.39 is 0 Å². The van der Waals surface area contributed by atoms with Crippen molar-refractivity contribution in [1.29, 1.82) is 0 Å². The summed E-state index contributed by atoms with van der Waals surface area (Å²) in [5.41, 5.74) is 5.59. The number of alkyl halides is 1. The largest absolute Gasteiger partial charge is 0.292 e. The summed E-state index contributed by atoms with van der Waals surface area (Å²) in [6.07, 6.45) is 0. The Hall–Kier alpha value is -2.47. The standard InChI is InChI=1S/C17H19N.C16H16IN.CH4/c1-14-12-18(13-14)17(15-8-4-2-5-9-15)16-10-6-3-7-11-16;17-15-11-18(12-15)16(13-7-3-1-4-8-13)14-9-5-2-6-10-14;/h2-11,14,17H,12-13H2,1H3;1-10,15-16H,11-12H2;1H4. The number of hydrogen-bond donors (Lipinski definition) is 0. The Morgan fingerprint density at radius 3 is 1.03 bits per heavy atom. The van der Waals surface area contributed by atoms with E-state index in [0.29, 0.717) is 12.1 Å². The van der Waals surface area contributed by atoms with Crippen molar-refractivity contribution >= 4 is 22.6 Å². The van der Waals surface area contributed by atoms with Gasteiger partial charge in [0.05, 0.1) is 12.1 Å². The van der Waals surface area contributed by atoms with Crippen molar-refractivity contribution in [3.8, 4) is 0 Å². The first-order chi connectivity index (χ1) is 17.7. The van der Waals surface area contributed by atoms with Crippen LogP contribution in [0.3, 0.4) is 0 Å². The third kappa shape index (κ3) is 6.90. The van der Waals surface area contributed by atoms with Crippen molar-refractivity contribution in [1.82, 2.24) is 9.80 Å². The molecule has 0 bridgehead atoms. The van der Waals surface area contributed by atoms with E-state index in [-0.39, 0.29) is 7.43 Å². The number of halogens is 1. The van der Waals surface area contributed by atoms with Gasteiger partial charge in [-0.1, -0.05) is 158 Å². The molecule has 0 aliphatic carbocycles. The van der Waals surface area contributed by atoms with Crippen LogP contribution < -0.4 is 0 Å². The number of rotatable bonds is 6. The van der Waals surface area contributed by atoms with E-state index in [0.717, 1.165) is 9.84 Å². The van der Waals surface area contributed by atoms with Gasteiger partial charge in [0, 0.05) is 30.1 Å². The Bertz CT molecular complexity index is 996. The lowest BCUT2D eigenvalue weighted by Crippen LogP contribution is -2.49. The number of likely N-dealkylation sites (tertiary alicyclic amines) is 2. The van der Waals surface area contributed by atoms with Gasteiger partial charge in [0.15, 0.2) is 0 Å². The molecule has 0 saturated carbocycles. The maximum absolute atomic E-state index is 2.56. The van der Waals surface area contributed by atoms with Crippen LogP contribution in [-0.2, 0) is 0 Å². The maximum atomic E-state index is 2.56. The lowest BCUT2D eigenvalue weighted by atomic mass is 9.91. The minimum absolute atomic E-state index is 0. The second-order valence-corrected chi connectivity index (χ2v) is 11.8. The molecule has 0 N–H and O–H groups in total. The predicted octanol–water partition coefficient (Wildman–Crippen LogP) is 8.26. The fourth-order valence-corrected chi connectivity index (χ4v) is 6.41. The highest BCUT2D eigenvalue weighted by atomic mass is 127. The summed E-state index contributed by atoms with van der Waals surface area (Å²) in [5, 5.41) is 0. The summed E-state index contributed by atoms with van der Waals surface area (Å²) in [7, 11) is 0. The van der Waals surface area contributed by atoms with Gasteiger partial charge in [-0.3, -0.25) is 9.80 Å². The molecule has 0 radical (unpaired) electrons. The Morgan fingerprint density at radius 1 is 0.514 bits per heavy atom. The van der Waals surface area contributed by atoms with Crippen LogP contribution in [0.15, 0.2) is 121 Å². The molecule has 0 spiro atoms. The molecule has 4 aromatic carbocycles. The first-order valence-electron chi connectivity index (χ1n) is 13.0. The van der Waals surface area contributed by atoms with Gasteiger partial charge in [0.25, 0.3) is 0 Å². The highest BCUT2D eigenvalue weighted by Crippen LogP contribution is 2.35. The molecule has 0 amide bonds. The number of benzene rings is 4. The molecule has 2 saturated heterocycles. The SMILES string of the molecule is C.CC1CN(C(c2ccccc2)c2ccccc2)C1.IC1CN(C(c2ccccc2)c2ccccc2)C1. The zero-order valence-electron chi connectivity index (χ0n) is 21.0. The van der Waals surface area contributed by atoms with Crippen LogP contribution >= 0.6 is 22.6 Å². The van der Waals surface area contributed by atoms with Gasteiger partial charge in [-0.15, -0.1) is 0 Å². The molecule has 4 aromatic rings. The average molecular weight is 603 g/mol. The smallest absolute Gasteiger partial charge is 0.0602 e. The quantitative estimate of drug-likeness (QED) is 0.162. The number of nitrogens with zero attached hydrogens (tertiary/aromatic N) is 2. The van der Waals surface area contributed by atoms with Crippen molar-refractivity contribution in [2.45, 2.75) is 30.4 Å². The van der Waals surface area contributed by atoms with Crippen LogP contribution in [-0.4, -0.2) is 39.9 Å². The molecule has 6 rings (SSSR count). The van der Waals surface area contributed by atoms with Crippen LogP contribution in [0, 0.1) is 5.92 Å². The van der Waals surface area contributed by atoms with Gasteiger partial charge < -0.3 is 0 Å². The van der Waals surface area contributed by atoms with E-state index in [1.54, 1.807) is 0 Å². The van der Waals surface area contributed by atoms with Gasteiger partial charge in [0.2, 0.25) is 0 Å². The topological polar surface area (TPSA) is 6.48 Å². The predicted molar refractivity (Wildman–Crippen MR) is 166 cm³/mol. The van der Waals surface area contributed by atoms with Crippen LogP contribution in [0.4, 0.5) is 0 Å². The van der Waals surface area contributed by atoms with E-state index in [1.165, 1.54) is 48.4 Å². The van der Waals surface area contributed by atoms with Gasteiger partial charge in [-0.25, -0.2) is 0 Å². The minimum Gasteiger partial charge on any atom is -0.292 e. The second-order valence-electron chi connectivity index (χ2n) is 10.1. The van der Waals surface area contributed by atoms with Crippen molar-refractivity contribution in [3.63, 3.8) is 0 Å². The second kappa shape index (κ2) is 13.4. The molecular formula is C34H39IN2. The summed E-state index contributed by atoms with van der Waals surface area (Å²) in [6.45, 7) is 7.11. The monoisotopic (exact) mass is 602 g/mol.